The number of allylic oxidation sites excluding steroid dienone is 5. The van der Waals surface area contributed by atoms with E-state index in [1.54, 1.807) is 6.08 Å². The zero-order valence-corrected chi connectivity index (χ0v) is 36.5. The van der Waals surface area contributed by atoms with Crippen molar-refractivity contribution in [1.82, 2.24) is 5.32 Å². The van der Waals surface area contributed by atoms with E-state index in [1.807, 2.05) is 6.08 Å². The van der Waals surface area contributed by atoms with Gasteiger partial charge in [-0.3, -0.25) is 4.79 Å². The van der Waals surface area contributed by atoms with Gasteiger partial charge in [-0.05, 0) is 57.8 Å². The van der Waals surface area contributed by atoms with Gasteiger partial charge < -0.3 is 15.5 Å². The predicted molar refractivity (Wildman–Crippen MR) is 239 cm³/mol. The van der Waals surface area contributed by atoms with Crippen molar-refractivity contribution in [3.63, 3.8) is 0 Å². The van der Waals surface area contributed by atoms with Crippen molar-refractivity contribution in [2.75, 3.05) is 6.61 Å². The minimum absolute atomic E-state index is 0.0740. The molecule has 0 aliphatic heterocycles. The van der Waals surface area contributed by atoms with E-state index < -0.39 is 12.1 Å². The molecule has 0 radical (unpaired) electrons. The Bertz CT molecular complexity index is 821. The van der Waals surface area contributed by atoms with Gasteiger partial charge in [0.1, 0.15) is 0 Å². The lowest BCUT2D eigenvalue weighted by Crippen LogP contribution is -2.45. The monoisotopic (exact) mass is 758 g/mol. The lowest BCUT2D eigenvalue weighted by atomic mass is 10.0. The number of nitrogens with one attached hydrogen (secondary N) is 1. The average Bonchev–Trinajstić information content (AvgIpc) is 3.18. The average molecular weight is 758 g/mol. The highest BCUT2D eigenvalue weighted by atomic mass is 16.3. The first-order valence-corrected chi connectivity index (χ1v) is 24.2. The number of aliphatic hydroxyl groups is 2. The standard InChI is InChI=1S/C50H95NO3/c1-3-5-7-9-11-13-15-17-19-21-23-25-27-29-31-33-35-37-39-41-43-45-49(53)48(47-52)51-50(54)46-44-42-40-38-36-34-32-30-28-26-24-22-20-18-16-14-12-10-8-6-4-2/h22,24,35,37,43,45,48-49,52-53H,3-21,23,25-34,36,38-42,44,46-47H2,1-2H3,(H,51,54)/b24-22-,37-35+,45-43+. The van der Waals surface area contributed by atoms with Gasteiger partial charge in [0.15, 0.2) is 0 Å². The van der Waals surface area contributed by atoms with E-state index >= 15 is 0 Å². The largest absolute Gasteiger partial charge is 0.394 e. The minimum atomic E-state index is -0.862. The second kappa shape index (κ2) is 46.0. The summed E-state index contributed by atoms with van der Waals surface area (Å²) in [7, 11) is 0. The van der Waals surface area contributed by atoms with Gasteiger partial charge >= 0.3 is 0 Å². The molecule has 0 spiro atoms. The molecule has 54 heavy (non-hydrogen) atoms. The van der Waals surface area contributed by atoms with E-state index in [0.29, 0.717) is 6.42 Å². The van der Waals surface area contributed by atoms with E-state index in [1.165, 1.54) is 205 Å². The Balaban J connectivity index is 3.57. The van der Waals surface area contributed by atoms with Crippen LogP contribution in [-0.4, -0.2) is 34.9 Å². The van der Waals surface area contributed by atoms with E-state index in [9.17, 15) is 15.0 Å². The first-order chi connectivity index (χ1) is 26.7. The van der Waals surface area contributed by atoms with Gasteiger partial charge in [0.2, 0.25) is 5.91 Å². The second-order valence-corrected chi connectivity index (χ2v) is 16.5. The van der Waals surface area contributed by atoms with Crippen LogP contribution in [0.15, 0.2) is 36.5 Å². The van der Waals surface area contributed by atoms with Crippen molar-refractivity contribution in [2.24, 2.45) is 0 Å². The van der Waals surface area contributed by atoms with Gasteiger partial charge in [-0.2, -0.15) is 0 Å². The SMILES string of the molecule is CCCCCCCCCC/C=C\CCCCCCCCCCCC(=O)NC(CO)C(O)/C=C/CC/C=C/CCCCCCCCCCCCCCCCC. The molecule has 2 unspecified atom stereocenters. The third-order valence-corrected chi connectivity index (χ3v) is 11.1. The molecule has 0 rings (SSSR count). The zero-order chi connectivity index (χ0) is 39.3. The topological polar surface area (TPSA) is 69.6 Å². The van der Waals surface area contributed by atoms with Crippen molar-refractivity contribution in [3.8, 4) is 0 Å². The number of carbonyl (C=O) groups is 1. The first kappa shape index (κ1) is 52.6. The summed E-state index contributed by atoms with van der Waals surface area (Å²) in [6.07, 6.45) is 61.3. The molecule has 0 aromatic carbocycles. The van der Waals surface area contributed by atoms with E-state index in [4.69, 9.17) is 0 Å². The fourth-order valence-electron chi connectivity index (χ4n) is 7.37. The molecule has 0 saturated heterocycles. The number of hydrogen-bond donors (Lipinski definition) is 3. The Labute approximate surface area is 338 Å². The Morgan fingerprint density at radius 1 is 0.426 bits per heavy atom. The fraction of sp³-hybridized carbons (Fsp3) is 0.860. The van der Waals surface area contributed by atoms with Crippen LogP contribution in [0.25, 0.3) is 0 Å². The second-order valence-electron chi connectivity index (χ2n) is 16.5. The van der Waals surface area contributed by atoms with Crippen LogP contribution in [0.1, 0.15) is 258 Å². The van der Waals surface area contributed by atoms with Crippen LogP contribution < -0.4 is 5.32 Å². The molecule has 0 aromatic heterocycles. The van der Waals surface area contributed by atoms with Gasteiger partial charge in [0, 0.05) is 6.42 Å². The fourth-order valence-corrected chi connectivity index (χ4v) is 7.37. The Kier molecular flexibility index (Phi) is 44.8. The summed E-state index contributed by atoms with van der Waals surface area (Å²) in [6, 6.07) is -0.639. The highest BCUT2D eigenvalue weighted by Gasteiger charge is 2.17. The van der Waals surface area contributed by atoms with Crippen molar-refractivity contribution in [1.29, 1.82) is 0 Å². The lowest BCUT2D eigenvalue weighted by Gasteiger charge is -2.19. The van der Waals surface area contributed by atoms with E-state index in [-0.39, 0.29) is 12.5 Å². The van der Waals surface area contributed by atoms with Gasteiger partial charge in [0.05, 0.1) is 18.8 Å². The molecule has 0 saturated carbocycles. The number of carbonyl (C=O) groups excluding carboxylic acids is 1. The number of unbranched alkanes of at least 4 members (excludes halogenated alkanes) is 33. The normalized spacial score (nSPS) is 13.2. The number of rotatable bonds is 44. The molecule has 0 fully saturated rings. The summed E-state index contributed by atoms with van der Waals surface area (Å²) in [5.74, 6) is -0.0740. The molecule has 0 bridgehead atoms. The number of amides is 1. The summed E-state index contributed by atoms with van der Waals surface area (Å²) < 4.78 is 0. The van der Waals surface area contributed by atoms with Crippen LogP contribution >= 0.6 is 0 Å². The maximum Gasteiger partial charge on any atom is 0.220 e. The van der Waals surface area contributed by atoms with Crippen LogP contribution in [0.2, 0.25) is 0 Å². The molecule has 0 heterocycles. The Hall–Kier alpha value is -1.39. The molecule has 0 aliphatic carbocycles. The molecule has 318 valence electrons. The Morgan fingerprint density at radius 2 is 0.722 bits per heavy atom. The summed E-state index contributed by atoms with van der Waals surface area (Å²) in [5.41, 5.74) is 0. The summed E-state index contributed by atoms with van der Waals surface area (Å²) >= 11 is 0. The molecule has 3 N–H and O–H groups in total. The highest BCUT2D eigenvalue weighted by molar-refractivity contribution is 5.76. The predicted octanol–water partition coefficient (Wildman–Crippen LogP) is 15.4. The van der Waals surface area contributed by atoms with Gasteiger partial charge in [-0.25, -0.2) is 0 Å². The van der Waals surface area contributed by atoms with Crippen molar-refractivity contribution in [3.05, 3.63) is 36.5 Å². The third-order valence-electron chi connectivity index (χ3n) is 11.1. The van der Waals surface area contributed by atoms with Crippen molar-refractivity contribution < 1.29 is 15.0 Å². The summed E-state index contributed by atoms with van der Waals surface area (Å²) in [6.45, 7) is 4.31. The molecular weight excluding hydrogens is 663 g/mol. The molecule has 4 nitrogen and oxygen atoms in total. The summed E-state index contributed by atoms with van der Waals surface area (Å²) in [4.78, 5) is 12.4. The molecule has 0 aromatic rings. The maximum absolute atomic E-state index is 12.4. The molecule has 0 aliphatic rings. The van der Waals surface area contributed by atoms with Gasteiger partial charge in [-0.15, -0.1) is 0 Å². The van der Waals surface area contributed by atoms with Gasteiger partial charge in [0.25, 0.3) is 0 Å². The van der Waals surface area contributed by atoms with Crippen LogP contribution in [0, 0.1) is 0 Å². The van der Waals surface area contributed by atoms with Gasteiger partial charge in [-0.1, -0.05) is 230 Å². The Morgan fingerprint density at radius 3 is 1.07 bits per heavy atom. The number of hydrogen-bond acceptors (Lipinski definition) is 3. The summed E-state index contributed by atoms with van der Waals surface area (Å²) in [5, 5.41) is 23.1. The third kappa shape index (κ3) is 41.8. The molecule has 4 heteroatoms. The van der Waals surface area contributed by atoms with E-state index in [0.717, 1.165) is 32.1 Å². The van der Waals surface area contributed by atoms with E-state index in [2.05, 4.69) is 43.5 Å². The lowest BCUT2D eigenvalue weighted by molar-refractivity contribution is -0.123. The first-order valence-electron chi connectivity index (χ1n) is 24.2. The highest BCUT2D eigenvalue weighted by Crippen LogP contribution is 2.15. The van der Waals surface area contributed by atoms with Crippen molar-refractivity contribution >= 4 is 5.91 Å². The quantitative estimate of drug-likeness (QED) is 0.0428. The molecular formula is C50H95NO3. The minimum Gasteiger partial charge on any atom is -0.394 e. The number of aliphatic hydroxyl groups excluding tert-OH is 2. The maximum atomic E-state index is 12.4. The molecule has 2 atom stereocenters. The smallest absolute Gasteiger partial charge is 0.220 e. The van der Waals surface area contributed by atoms with Crippen LogP contribution in [-0.2, 0) is 4.79 Å². The van der Waals surface area contributed by atoms with Crippen LogP contribution in [0.4, 0.5) is 0 Å². The molecule has 1 amide bonds. The zero-order valence-electron chi connectivity index (χ0n) is 36.5. The van der Waals surface area contributed by atoms with Crippen LogP contribution in [0.3, 0.4) is 0 Å². The van der Waals surface area contributed by atoms with Crippen LogP contribution in [0.5, 0.6) is 0 Å². The van der Waals surface area contributed by atoms with Crippen molar-refractivity contribution in [2.45, 2.75) is 270 Å².